The normalized spacial score (nSPS) is 15.2. The van der Waals surface area contributed by atoms with Gasteiger partial charge in [0.15, 0.2) is 0 Å². The van der Waals surface area contributed by atoms with Crippen LogP contribution in [0.25, 0.3) is 22.5 Å². The number of aromatic nitrogens is 1. The molecule has 2 heterocycles. The molecule has 6 heteroatoms. The molecule has 2 amide bonds. The summed E-state index contributed by atoms with van der Waals surface area (Å²) in [6, 6.07) is 23.6. The number of carbonyl (C=O) groups excluding carboxylic acids is 2. The van der Waals surface area contributed by atoms with Gasteiger partial charge in [0.25, 0.3) is 11.1 Å². The van der Waals surface area contributed by atoms with Gasteiger partial charge in [0.2, 0.25) is 0 Å². The number of fused-ring (bicyclic) bond motifs is 1. The first-order chi connectivity index (χ1) is 15.9. The summed E-state index contributed by atoms with van der Waals surface area (Å²) in [7, 11) is 0. The van der Waals surface area contributed by atoms with Gasteiger partial charge >= 0.3 is 0 Å². The summed E-state index contributed by atoms with van der Waals surface area (Å²) in [5.74, 6) is -0.263. The van der Waals surface area contributed by atoms with Crippen LogP contribution < -0.4 is 0 Å². The predicted octanol–water partition coefficient (Wildman–Crippen LogP) is 7.14. The van der Waals surface area contributed by atoms with Crippen molar-refractivity contribution in [1.29, 1.82) is 0 Å². The van der Waals surface area contributed by atoms with Gasteiger partial charge in [-0.1, -0.05) is 66.2 Å². The van der Waals surface area contributed by atoms with Crippen LogP contribution in [0.1, 0.15) is 22.5 Å². The second-order valence-electron chi connectivity index (χ2n) is 8.02. The molecular formula is C27H21ClN2O2S. The summed E-state index contributed by atoms with van der Waals surface area (Å²) in [4.78, 5) is 27.7. The number of imide groups is 1. The number of carbonyl (C=O) groups is 2. The number of amides is 2. The lowest BCUT2D eigenvalue weighted by Gasteiger charge is -2.14. The molecule has 164 valence electrons. The quantitative estimate of drug-likeness (QED) is 0.296. The van der Waals surface area contributed by atoms with Crippen molar-refractivity contribution in [3.63, 3.8) is 0 Å². The number of hydrogen-bond donors (Lipinski definition) is 0. The molecule has 0 aliphatic carbocycles. The highest BCUT2D eigenvalue weighted by molar-refractivity contribution is 8.18. The van der Waals surface area contributed by atoms with E-state index in [0.717, 1.165) is 50.7 Å². The molecule has 0 radical (unpaired) electrons. The van der Waals surface area contributed by atoms with E-state index in [9.17, 15) is 9.59 Å². The Labute approximate surface area is 201 Å². The first kappa shape index (κ1) is 21.6. The number of para-hydroxylation sites is 1. The molecular weight excluding hydrogens is 452 g/mol. The number of benzene rings is 3. The van der Waals surface area contributed by atoms with E-state index in [1.165, 1.54) is 4.90 Å². The summed E-state index contributed by atoms with van der Waals surface area (Å²) in [5.41, 5.74) is 4.69. The summed E-state index contributed by atoms with van der Waals surface area (Å²) >= 11 is 7.40. The van der Waals surface area contributed by atoms with Crippen molar-refractivity contribution in [3.8, 4) is 5.69 Å². The zero-order chi connectivity index (χ0) is 23.1. The molecule has 0 spiro atoms. The zero-order valence-electron chi connectivity index (χ0n) is 18.2. The number of thioether (sulfide) groups is 1. The van der Waals surface area contributed by atoms with E-state index >= 15 is 0 Å². The molecule has 0 atom stereocenters. The van der Waals surface area contributed by atoms with E-state index in [-0.39, 0.29) is 17.7 Å². The van der Waals surface area contributed by atoms with Crippen molar-refractivity contribution in [2.24, 2.45) is 0 Å². The van der Waals surface area contributed by atoms with Gasteiger partial charge in [0.1, 0.15) is 0 Å². The molecule has 3 aromatic carbocycles. The lowest BCUT2D eigenvalue weighted by Crippen LogP contribution is -2.27. The topological polar surface area (TPSA) is 42.3 Å². The van der Waals surface area contributed by atoms with Gasteiger partial charge in [-0.15, -0.1) is 0 Å². The zero-order valence-corrected chi connectivity index (χ0v) is 19.8. The van der Waals surface area contributed by atoms with Crippen LogP contribution in [-0.2, 0) is 11.3 Å². The SMILES string of the molecule is Cc1cc(/C=C2/SC(=O)N(Cc3cccc4ccccc34)C2=O)c(C)n1-c1ccccc1Cl. The summed E-state index contributed by atoms with van der Waals surface area (Å²) < 4.78 is 2.06. The fraction of sp³-hybridized carbons (Fsp3) is 0.111. The maximum atomic E-state index is 13.2. The predicted molar refractivity (Wildman–Crippen MR) is 136 cm³/mol. The second kappa shape index (κ2) is 8.58. The number of nitrogens with zero attached hydrogens (tertiary/aromatic N) is 2. The van der Waals surface area contributed by atoms with Gasteiger partial charge in [-0.3, -0.25) is 14.5 Å². The van der Waals surface area contributed by atoms with Crippen LogP contribution in [0.2, 0.25) is 5.02 Å². The molecule has 1 aliphatic heterocycles. The number of aryl methyl sites for hydroxylation is 1. The van der Waals surface area contributed by atoms with Crippen molar-refractivity contribution >= 4 is 51.4 Å². The minimum Gasteiger partial charge on any atom is -0.316 e. The lowest BCUT2D eigenvalue weighted by molar-refractivity contribution is -0.123. The van der Waals surface area contributed by atoms with E-state index < -0.39 is 0 Å². The summed E-state index contributed by atoms with van der Waals surface area (Å²) in [5, 5.41) is 2.54. The van der Waals surface area contributed by atoms with Crippen LogP contribution in [0.3, 0.4) is 0 Å². The van der Waals surface area contributed by atoms with Gasteiger partial charge in [0, 0.05) is 11.4 Å². The maximum Gasteiger partial charge on any atom is 0.293 e. The Hall–Kier alpha value is -3.28. The van der Waals surface area contributed by atoms with Crippen LogP contribution in [0, 0.1) is 13.8 Å². The Morgan fingerprint density at radius 3 is 2.48 bits per heavy atom. The summed E-state index contributed by atoms with van der Waals surface area (Å²) in [6.45, 7) is 4.24. The average Bonchev–Trinajstić information content (AvgIpc) is 3.23. The first-order valence-electron chi connectivity index (χ1n) is 10.6. The van der Waals surface area contributed by atoms with E-state index in [2.05, 4.69) is 4.57 Å². The highest BCUT2D eigenvalue weighted by atomic mass is 35.5. The monoisotopic (exact) mass is 472 g/mol. The second-order valence-corrected chi connectivity index (χ2v) is 9.42. The van der Waals surface area contributed by atoms with E-state index in [1.807, 2.05) is 92.7 Å². The fourth-order valence-corrected chi connectivity index (χ4v) is 5.37. The Balaban J connectivity index is 1.47. The molecule has 33 heavy (non-hydrogen) atoms. The van der Waals surface area contributed by atoms with Crippen LogP contribution in [0.4, 0.5) is 4.79 Å². The van der Waals surface area contributed by atoms with E-state index in [4.69, 9.17) is 11.6 Å². The van der Waals surface area contributed by atoms with Gasteiger partial charge in [-0.05, 0) is 71.8 Å². The third kappa shape index (κ3) is 3.88. The molecule has 5 rings (SSSR count). The smallest absolute Gasteiger partial charge is 0.293 e. The standard InChI is InChI=1S/C27H21ClN2O2S/c1-17-14-21(18(2)30(17)24-13-6-5-12-23(24)28)15-25-26(31)29(27(32)33-25)16-20-10-7-9-19-8-3-4-11-22(19)20/h3-15H,16H2,1-2H3/b25-15+. The molecule has 4 aromatic rings. The molecule has 1 saturated heterocycles. The largest absolute Gasteiger partial charge is 0.316 e. The van der Waals surface area contributed by atoms with Gasteiger partial charge in [-0.25, -0.2) is 0 Å². The van der Waals surface area contributed by atoms with Crippen LogP contribution in [0.5, 0.6) is 0 Å². The first-order valence-corrected chi connectivity index (χ1v) is 11.8. The molecule has 4 nitrogen and oxygen atoms in total. The van der Waals surface area contributed by atoms with Crippen molar-refractivity contribution < 1.29 is 9.59 Å². The van der Waals surface area contributed by atoms with Crippen LogP contribution in [0.15, 0.2) is 77.7 Å². The van der Waals surface area contributed by atoms with Crippen molar-refractivity contribution in [1.82, 2.24) is 9.47 Å². The number of halogens is 1. The summed E-state index contributed by atoms with van der Waals surface area (Å²) in [6.07, 6.45) is 1.81. The highest BCUT2D eigenvalue weighted by Crippen LogP contribution is 2.36. The number of hydrogen-bond acceptors (Lipinski definition) is 3. The molecule has 1 aliphatic rings. The van der Waals surface area contributed by atoms with Gasteiger partial charge < -0.3 is 4.57 Å². The van der Waals surface area contributed by atoms with Crippen LogP contribution >= 0.6 is 23.4 Å². The molecule has 0 saturated carbocycles. The maximum absolute atomic E-state index is 13.2. The van der Waals surface area contributed by atoms with Crippen molar-refractivity contribution in [2.75, 3.05) is 0 Å². The molecule has 0 bridgehead atoms. The third-order valence-corrected chi connectivity index (χ3v) is 7.16. The van der Waals surface area contributed by atoms with Crippen molar-refractivity contribution in [2.45, 2.75) is 20.4 Å². The Bertz CT molecular complexity index is 1450. The van der Waals surface area contributed by atoms with Crippen LogP contribution in [-0.4, -0.2) is 20.6 Å². The minimum absolute atomic E-state index is 0.251. The fourth-order valence-electron chi connectivity index (χ4n) is 4.32. The molecule has 0 unspecified atom stereocenters. The number of rotatable bonds is 4. The average molecular weight is 473 g/mol. The van der Waals surface area contributed by atoms with E-state index in [1.54, 1.807) is 0 Å². The van der Waals surface area contributed by atoms with Gasteiger partial charge in [0.05, 0.1) is 22.2 Å². The van der Waals surface area contributed by atoms with Crippen molar-refractivity contribution in [3.05, 3.63) is 105 Å². The van der Waals surface area contributed by atoms with Gasteiger partial charge in [-0.2, -0.15) is 0 Å². The Kier molecular flexibility index (Phi) is 5.60. The molecule has 1 aromatic heterocycles. The minimum atomic E-state index is -0.263. The Morgan fingerprint density at radius 1 is 0.939 bits per heavy atom. The van der Waals surface area contributed by atoms with E-state index in [0.29, 0.717) is 9.93 Å². The third-order valence-electron chi connectivity index (χ3n) is 5.93. The highest BCUT2D eigenvalue weighted by Gasteiger charge is 2.35. The Morgan fingerprint density at radius 2 is 1.67 bits per heavy atom. The molecule has 0 N–H and O–H groups in total. The molecule has 1 fully saturated rings. The lowest BCUT2D eigenvalue weighted by atomic mass is 10.0.